The first kappa shape index (κ1) is 24.7. The Morgan fingerprint density at radius 2 is 1.24 bits per heavy atom. The molecular formula is C23H22O10. The summed E-state index contributed by atoms with van der Waals surface area (Å²) < 4.78 is 14.7. The highest BCUT2D eigenvalue weighted by molar-refractivity contribution is 6.06. The van der Waals surface area contributed by atoms with Crippen LogP contribution >= 0.6 is 0 Å². The van der Waals surface area contributed by atoms with E-state index in [2.05, 4.69) is 0 Å². The van der Waals surface area contributed by atoms with Gasteiger partial charge in [-0.05, 0) is 47.5 Å². The van der Waals surface area contributed by atoms with Gasteiger partial charge >= 0.3 is 5.97 Å². The van der Waals surface area contributed by atoms with E-state index in [1.807, 2.05) is 0 Å². The maximum absolute atomic E-state index is 12.6. The van der Waals surface area contributed by atoms with E-state index >= 15 is 0 Å². The number of carbonyl (C=O) groups is 2. The molecule has 0 amide bonds. The fourth-order valence-electron chi connectivity index (χ4n) is 2.60. The number of hydrogen-bond acceptors (Lipinski definition) is 10. The molecule has 0 fully saturated rings. The number of phenolic OH excluding ortho intramolecular Hbond substituents is 4. The van der Waals surface area contributed by atoms with E-state index in [0.717, 1.165) is 19.1 Å². The number of hydrogen-bond donors (Lipinski definition) is 5. The smallest absolute Gasteiger partial charge is 0.308 e. The number of allylic oxidation sites excluding steroid dienone is 2. The van der Waals surface area contributed by atoms with Crippen molar-refractivity contribution in [1.29, 1.82) is 0 Å². The molecule has 0 radical (unpaired) electrons. The molecule has 0 heterocycles. The number of methoxy groups -OCH3 is 2. The number of aliphatic hydroxyl groups excluding tert-OH is 1. The lowest BCUT2D eigenvalue weighted by atomic mass is 10.1. The summed E-state index contributed by atoms with van der Waals surface area (Å²) in [4.78, 5) is 24.0. The monoisotopic (exact) mass is 458 g/mol. The van der Waals surface area contributed by atoms with Crippen LogP contribution in [0.25, 0.3) is 12.2 Å². The van der Waals surface area contributed by atoms with E-state index in [0.29, 0.717) is 5.56 Å². The molecule has 0 spiro atoms. The summed E-state index contributed by atoms with van der Waals surface area (Å²) in [6, 6.07) is 5.05. The van der Waals surface area contributed by atoms with Crippen molar-refractivity contribution in [3.05, 3.63) is 59.1 Å². The highest BCUT2D eigenvalue weighted by Crippen LogP contribution is 2.37. The third-order valence-electron chi connectivity index (χ3n) is 4.16. The van der Waals surface area contributed by atoms with Crippen molar-refractivity contribution in [2.24, 2.45) is 0 Å². The van der Waals surface area contributed by atoms with E-state index in [1.54, 1.807) is 0 Å². The van der Waals surface area contributed by atoms with Crippen LogP contribution in [-0.2, 0) is 14.3 Å². The van der Waals surface area contributed by atoms with Gasteiger partial charge in [0.2, 0.25) is 23.0 Å². The molecule has 0 aliphatic carbocycles. The van der Waals surface area contributed by atoms with Crippen LogP contribution in [0.2, 0.25) is 0 Å². The minimum Gasteiger partial charge on any atom is -0.504 e. The maximum Gasteiger partial charge on any atom is 0.308 e. The second kappa shape index (κ2) is 10.6. The Bertz CT molecular complexity index is 1160. The zero-order valence-corrected chi connectivity index (χ0v) is 17.9. The number of ether oxygens (including phenoxy) is 3. The zero-order valence-electron chi connectivity index (χ0n) is 17.9. The highest BCUT2D eigenvalue weighted by Gasteiger charge is 2.17. The normalized spacial score (nSPS) is 12.0. The lowest BCUT2D eigenvalue weighted by Gasteiger charge is -2.07. The average Bonchev–Trinajstić information content (AvgIpc) is 2.78. The summed E-state index contributed by atoms with van der Waals surface area (Å²) in [6.45, 7) is 1.04. The Morgan fingerprint density at radius 1 is 0.788 bits per heavy atom. The molecule has 0 aliphatic heterocycles. The van der Waals surface area contributed by atoms with Gasteiger partial charge in [-0.2, -0.15) is 0 Å². The second-order valence-corrected chi connectivity index (χ2v) is 6.52. The first-order chi connectivity index (χ1) is 15.6. The van der Waals surface area contributed by atoms with Gasteiger partial charge in [-0.3, -0.25) is 9.59 Å². The van der Waals surface area contributed by atoms with Gasteiger partial charge in [-0.25, -0.2) is 0 Å². The molecule has 0 aromatic heterocycles. The summed E-state index contributed by atoms with van der Waals surface area (Å²) in [5, 5.41) is 49.1. The van der Waals surface area contributed by atoms with Gasteiger partial charge in [0, 0.05) is 6.92 Å². The molecule has 10 heteroatoms. The molecule has 33 heavy (non-hydrogen) atoms. The van der Waals surface area contributed by atoms with Crippen molar-refractivity contribution in [3.8, 4) is 34.5 Å². The lowest BCUT2D eigenvalue weighted by Crippen LogP contribution is -2.10. The molecule has 2 aromatic rings. The standard InChI is InChI=1S/C23H22O10/c1-12(24)33-23(15(25)6-4-13-8-17(27)21(29)19(10-13)31-2)16(26)7-5-14-9-18(28)22(30)20(11-14)32-3/h4-11,25,27-30H,1-3H3/b6-4+,7-5+,23-15?. The third kappa shape index (κ3) is 6.20. The van der Waals surface area contributed by atoms with E-state index in [-0.39, 0.29) is 17.1 Å². The topological polar surface area (TPSA) is 163 Å². The average molecular weight is 458 g/mol. The van der Waals surface area contributed by atoms with Gasteiger partial charge in [0.25, 0.3) is 0 Å². The first-order valence-electron chi connectivity index (χ1n) is 9.29. The maximum atomic E-state index is 12.6. The number of rotatable bonds is 8. The number of benzene rings is 2. The van der Waals surface area contributed by atoms with Crippen LogP contribution in [0, 0.1) is 0 Å². The van der Waals surface area contributed by atoms with Crippen molar-refractivity contribution in [2.75, 3.05) is 14.2 Å². The van der Waals surface area contributed by atoms with Gasteiger partial charge in [0.15, 0.2) is 28.8 Å². The van der Waals surface area contributed by atoms with Gasteiger partial charge < -0.3 is 39.7 Å². The summed E-state index contributed by atoms with van der Waals surface area (Å²) >= 11 is 0. The SMILES string of the molecule is COc1cc(/C=C/C(=O)C(OC(C)=O)=C(O)/C=C/c2cc(O)c(O)c(OC)c2)cc(O)c1O. The molecule has 0 saturated heterocycles. The van der Waals surface area contributed by atoms with Crippen LogP contribution in [0.3, 0.4) is 0 Å². The Hall–Kier alpha value is -4.60. The van der Waals surface area contributed by atoms with E-state index in [9.17, 15) is 35.1 Å². The van der Waals surface area contributed by atoms with Crippen LogP contribution in [0.4, 0.5) is 0 Å². The second-order valence-electron chi connectivity index (χ2n) is 6.52. The summed E-state index contributed by atoms with van der Waals surface area (Å²) in [6.07, 6.45) is 4.54. The Morgan fingerprint density at radius 3 is 1.67 bits per heavy atom. The molecule has 2 rings (SSSR count). The van der Waals surface area contributed by atoms with Crippen molar-refractivity contribution >= 4 is 23.9 Å². The van der Waals surface area contributed by atoms with Crippen LogP contribution < -0.4 is 9.47 Å². The van der Waals surface area contributed by atoms with Gasteiger partial charge in [0.05, 0.1) is 14.2 Å². The van der Waals surface area contributed by atoms with Crippen molar-refractivity contribution < 1.29 is 49.3 Å². The number of aliphatic hydroxyl groups is 1. The number of aromatic hydroxyl groups is 4. The van der Waals surface area contributed by atoms with Gasteiger partial charge in [-0.1, -0.05) is 12.2 Å². The number of carbonyl (C=O) groups excluding carboxylic acids is 2. The molecule has 0 aliphatic rings. The molecule has 5 N–H and O–H groups in total. The fraction of sp³-hybridized carbons (Fsp3) is 0.130. The molecule has 0 atom stereocenters. The van der Waals surface area contributed by atoms with Gasteiger partial charge in [-0.15, -0.1) is 0 Å². The van der Waals surface area contributed by atoms with E-state index in [4.69, 9.17) is 14.2 Å². The third-order valence-corrected chi connectivity index (χ3v) is 4.16. The van der Waals surface area contributed by atoms with Crippen LogP contribution in [0.5, 0.6) is 34.5 Å². The molecule has 174 valence electrons. The predicted octanol–water partition coefficient (Wildman–Crippen LogP) is 3.15. The fourth-order valence-corrected chi connectivity index (χ4v) is 2.60. The number of phenols is 4. The number of esters is 1. The molecular weight excluding hydrogens is 436 g/mol. The van der Waals surface area contributed by atoms with Crippen molar-refractivity contribution in [2.45, 2.75) is 6.92 Å². The molecule has 0 saturated carbocycles. The molecule has 0 bridgehead atoms. The predicted molar refractivity (Wildman–Crippen MR) is 117 cm³/mol. The summed E-state index contributed by atoms with van der Waals surface area (Å²) in [5.74, 6) is -5.06. The molecule has 2 aromatic carbocycles. The number of ketones is 1. The summed E-state index contributed by atoms with van der Waals surface area (Å²) in [5.41, 5.74) is 0.574. The van der Waals surface area contributed by atoms with Crippen molar-refractivity contribution in [1.82, 2.24) is 0 Å². The van der Waals surface area contributed by atoms with Crippen molar-refractivity contribution in [3.63, 3.8) is 0 Å². The largest absolute Gasteiger partial charge is 0.504 e. The van der Waals surface area contributed by atoms with Crippen LogP contribution in [0.15, 0.2) is 47.9 Å². The lowest BCUT2D eigenvalue weighted by molar-refractivity contribution is -0.139. The molecule has 10 nitrogen and oxygen atoms in total. The first-order valence-corrected chi connectivity index (χ1v) is 9.29. The van der Waals surface area contributed by atoms with E-state index in [1.165, 1.54) is 50.6 Å². The zero-order chi connectivity index (χ0) is 24.7. The Balaban J connectivity index is 2.38. The minimum absolute atomic E-state index is 0.0232. The van der Waals surface area contributed by atoms with Crippen LogP contribution in [-0.4, -0.2) is 51.5 Å². The summed E-state index contributed by atoms with van der Waals surface area (Å²) in [7, 11) is 2.56. The molecule has 0 unspecified atom stereocenters. The van der Waals surface area contributed by atoms with Gasteiger partial charge in [0.1, 0.15) is 0 Å². The van der Waals surface area contributed by atoms with E-state index < -0.39 is 46.3 Å². The minimum atomic E-state index is -0.884. The van der Waals surface area contributed by atoms with Crippen LogP contribution in [0.1, 0.15) is 18.1 Å². The quantitative estimate of drug-likeness (QED) is 0.131. The highest BCUT2D eigenvalue weighted by atomic mass is 16.5. The Kier molecular flexibility index (Phi) is 7.94. The Labute approximate surface area is 188 Å².